The van der Waals surface area contributed by atoms with E-state index >= 15 is 0 Å². The topological polar surface area (TPSA) is 148 Å². The van der Waals surface area contributed by atoms with Gasteiger partial charge in [0.1, 0.15) is 11.6 Å². The Hall–Kier alpha value is -3.86. The van der Waals surface area contributed by atoms with Gasteiger partial charge >= 0.3 is 0 Å². The fourth-order valence-electron chi connectivity index (χ4n) is 4.29. The van der Waals surface area contributed by atoms with E-state index in [0.717, 1.165) is 31.2 Å². The molecule has 11 heteroatoms. The van der Waals surface area contributed by atoms with E-state index in [4.69, 9.17) is 5.73 Å². The monoisotopic (exact) mass is 508 g/mol. The largest absolute Gasteiger partial charge is 0.364 e. The van der Waals surface area contributed by atoms with Crippen LogP contribution in [-0.2, 0) is 21.1 Å². The van der Waals surface area contributed by atoms with Gasteiger partial charge in [-0.25, -0.2) is 18.4 Å². The van der Waals surface area contributed by atoms with Crippen molar-refractivity contribution in [1.82, 2.24) is 15.0 Å². The van der Waals surface area contributed by atoms with E-state index in [1.165, 1.54) is 18.3 Å². The number of primary amides is 1. The number of ketones is 1. The molecule has 1 atom stereocenters. The molecule has 1 saturated heterocycles. The molecule has 0 aliphatic carbocycles. The number of pyridine rings is 1. The molecule has 1 aliphatic heterocycles. The maximum Gasteiger partial charge on any atom is 0.271 e. The van der Waals surface area contributed by atoms with Crippen molar-refractivity contribution in [2.24, 2.45) is 11.7 Å². The summed E-state index contributed by atoms with van der Waals surface area (Å²) >= 11 is 0. The van der Waals surface area contributed by atoms with Gasteiger partial charge in [-0.05, 0) is 54.7 Å². The lowest BCUT2D eigenvalue weighted by Crippen LogP contribution is -2.37. The molecule has 1 aliphatic rings. The van der Waals surface area contributed by atoms with Gasteiger partial charge in [0, 0.05) is 50.3 Å². The van der Waals surface area contributed by atoms with E-state index in [0.29, 0.717) is 30.9 Å². The molecule has 0 radical (unpaired) electrons. The van der Waals surface area contributed by atoms with Gasteiger partial charge in [0.25, 0.3) is 5.91 Å². The van der Waals surface area contributed by atoms with Gasteiger partial charge in [0.2, 0.25) is 0 Å². The van der Waals surface area contributed by atoms with Crippen molar-refractivity contribution < 1.29 is 18.0 Å². The summed E-state index contributed by atoms with van der Waals surface area (Å²) in [5, 5.41) is 3.03. The number of sulfone groups is 1. The molecule has 10 nitrogen and oxygen atoms in total. The number of rotatable bonds is 9. The number of hydrogen-bond donors (Lipinski definition) is 2. The van der Waals surface area contributed by atoms with Crippen molar-refractivity contribution in [3.8, 4) is 0 Å². The Kier molecular flexibility index (Phi) is 7.58. The molecule has 1 aromatic carbocycles. The molecule has 3 heterocycles. The number of nitrogens with two attached hydrogens (primary N) is 1. The maximum atomic E-state index is 12.6. The number of nitrogens with zero attached hydrogens (tertiary/aromatic N) is 4. The Morgan fingerprint density at radius 1 is 1.17 bits per heavy atom. The summed E-state index contributed by atoms with van der Waals surface area (Å²) in [7, 11) is -3.33. The van der Waals surface area contributed by atoms with Crippen LogP contribution in [0.4, 0.5) is 17.3 Å². The third kappa shape index (κ3) is 6.42. The molecule has 3 aromatic rings. The molecule has 4 rings (SSSR count). The Labute approximate surface area is 209 Å². The molecule has 0 spiro atoms. The molecule has 188 valence electrons. The Morgan fingerprint density at radius 2 is 1.94 bits per heavy atom. The summed E-state index contributed by atoms with van der Waals surface area (Å²) in [5.74, 6) is 0.369. The lowest BCUT2D eigenvalue weighted by molar-refractivity contribution is -0.119. The highest BCUT2D eigenvalue weighted by Gasteiger charge is 2.25. The minimum absolute atomic E-state index is 0.0221. The quantitative estimate of drug-likeness (QED) is 0.445. The van der Waals surface area contributed by atoms with E-state index < -0.39 is 15.7 Å². The summed E-state index contributed by atoms with van der Waals surface area (Å²) in [4.78, 5) is 39.7. The second-order valence-corrected chi connectivity index (χ2v) is 11.0. The molecule has 1 fully saturated rings. The molecule has 1 amide bonds. The smallest absolute Gasteiger partial charge is 0.271 e. The third-order valence-corrected chi connectivity index (χ3v) is 7.15. The fourth-order valence-corrected chi connectivity index (χ4v) is 4.92. The van der Waals surface area contributed by atoms with Gasteiger partial charge in [-0.2, -0.15) is 0 Å². The van der Waals surface area contributed by atoms with E-state index in [-0.39, 0.29) is 28.1 Å². The van der Waals surface area contributed by atoms with Gasteiger partial charge in [0.15, 0.2) is 21.3 Å². The first-order valence-corrected chi connectivity index (χ1v) is 13.5. The first kappa shape index (κ1) is 25.2. The highest BCUT2D eigenvalue weighted by Crippen LogP contribution is 2.27. The van der Waals surface area contributed by atoms with Crippen molar-refractivity contribution in [2.75, 3.05) is 29.6 Å². The SMILES string of the molecule is CS(=O)(=O)c1ccc(Nc2nc(N3CCC[C@@H](CC(=O)Cc4cccnc4)C3)cnc2C(N)=O)cc1. The van der Waals surface area contributed by atoms with Crippen LogP contribution < -0.4 is 16.0 Å². The van der Waals surface area contributed by atoms with Crippen LogP contribution in [0, 0.1) is 5.92 Å². The van der Waals surface area contributed by atoms with Crippen molar-refractivity contribution in [3.63, 3.8) is 0 Å². The predicted octanol–water partition coefficient (Wildman–Crippen LogP) is 2.54. The third-order valence-electron chi connectivity index (χ3n) is 6.02. The van der Waals surface area contributed by atoms with Crippen LogP contribution in [0.25, 0.3) is 0 Å². The maximum absolute atomic E-state index is 12.6. The number of carbonyl (C=O) groups excluding carboxylic acids is 2. The molecule has 0 unspecified atom stereocenters. The van der Waals surface area contributed by atoms with Gasteiger partial charge in [-0.1, -0.05) is 6.07 Å². The number of nitrogens with one attached hydrogen (secondary N) is 1. The van der Waals surface area contributed by atoms with Crippen LogP contribution in [0.1, 0.15) is 35.3 Å². The number of carbonyl (C=O) groups is 2. The van der Waals surface area contributed by atoms with Crippen molar-refractivity contribution in [2.45, 2.75) is 30.6 Å². The minimum atomic E-state index is -3.33. The van der Waals surface area contributed by atoms with Crippen LogP contribution in [-0.4, -0.2) is 54.4 Å². The highest BCUT2D eigenvalue weighted by molar-refractivity contribution is 7.90. The summed E-state index contributed by atoms with van der Waals surface area (Å²) in [6, 6.07) is 9.83. The Bertz CT molecular complexity index is 1350. The lowest BCUT2D eigenvalue weighted by Gasteiger charge is -2.33. The van der Waals surface area contributed by atoms with E-state index in [1.807, 2.05) is 12.1 Å². The number of Topliss-reactive ketones (excluding diaryl/α,β-unsaturated/α-hetero) is 1. The standard InChI is InChI=1S/C25H28N6O4S/c1-36(34,35)21-8-6-19(7-9-21)29-25-23(24(26)33)28-15-22(30-25)31-11-3-5-18(16-31)13-20(32)12-17-4-2-10-27-14-17/h2,4,6-10,14-15,18H,3,5,11-13,16H2,1H3,(H2,26,33)(H,29,30)/t18-/m0/s1. The summed E-state index contributed by atoms with van der Waals surface area (Å²) in [6.45, 7) is 1.40. The summed E-state index contributed by atoms with van der Waals surface area (Å²) in [5.41, 5.74) is 6.92. The molecule has 0 bridgehead atoms. The molecule has 2 aromatic heterocycles. The zero-order valence-electron chi connectivity index (χ0n) is 19.9. The molecule has 3 N–H and O–H groups in total. The lowest BCUT2D eigenvalue weighted by atomic mass is 9.91. The van der Waals surface area contributed by atoms with Gasteiger partial charge in [-0.15, -0.1) is 0 Å². The van der Waals surface area contributed by atoms with E-state index in [2.05, 4.69) is 25.2 Å². The van der Waals surface area contributed by atoms with Gasteiger partial charge < -0.3 is 16.0 Å². The van der Waals surface area contributed by atoms with Crippen LogP contribution in [0.2, 0.25) is 0 Å². The predicted molar refractivity (Wildman–Crippen MR) is 136 cm³/mol. The molecule has 36 heavy (non-hydrogen) atoms. The Balaban J connectivity index is 1.48. The van der Waals surface area contributed by atoms with Crippen molar-refractivity contribution in [1.29, 1.82) is 0 Å². The van der Waals surface area contributed by atoms with Crippen LogP contribution in [0.5, 0.6) is 0 Å². The summed E-state index contributed by atoms with van der Waals surface area (Å²) < 4.78 is 23.4. The highest BCUT2D eigenvalue weighted by atomic mass is 32.2. The average molecular weight is 509 g/mol. The molecule has 0 saturated carbocycles. The number of benzene rings is 1. The summed E-state index contributed by atoms with van der Waals surface area (Å²) in [6.07, 6.45) is 8.72. The van der Waals surface area contributed by atoms with Crippen molar-refractivity contribution >= 4 is 38.9 Å². The molecular weight excluding hydrogens is 480 g/mol. The number of hydrogen-bond acceptors (Lipinski definition) is 9. The second kappa shape index (κ2) is 10.8. The van der Waals surface area contributed by atoms with Crippen LogP contribution in [0.15, 0.2) is 59.9 Å². The normalized spacial score (nSPS) is 15.9. The zero-order valence-corrected chi connectivity index (χ0v) is 20.7. The molecular formula is C25H28N6O4S. The average Bonchev–Trinajstić information content (AvgIpc) is 2.84. The zero-order chi connectivity index (χ0) is 25.7. The number of aromatic nitrogens is 3. The van der Waals surface area contributed by atoms with Gasteiger partial charge in [0.05, 0.1) is 11.1 Å². The second-order valence-electron chi connectivity index (χ2n) is 8.95. The van der Waals surface area contributed by atoms with Crippen LogP contribution >= 0.6 is 0 Å². The van der Waals surface area contributed by atoms with Crippen molar-refractivity contribution in [3.05, 3.63) is 66.2 Å². The van der Waals surface area contributed by atoms with E-state index in [9.17, 15) is 18.0 Å². The first-order chi connectivity index (χ1) is 17.2. The number of anilines is 3. The fraction of sp³-hybridized carbons (Fsp3) is 0.320. The van der Waals surface area contributed by atoms with Gasteiger partial charge in [-0.3, -0.25) is 14.6 Å². The number of piperidine rings is 1. The minimum Gasteiger partial charge on any atom is -0.364 e. The van der Waals surface area contributed by atoms with Crippen LogP contribution in [0.3, 0.4) is 0 Å². The number of amides is 1. The first-order valence-electron chi connectivity index (χ1n) is 11.6. The Morgan fingerprint density at radius 3 is 2.61 bits per heavy atom. The van der Waals surface area contributed by atoms with E-state index in [1.54, 1.807) is 24.5 Å².